The molecule has 0 aromatic heterocycles. The first kappa shape index (κ1) is 14.6. The molecule has 1 amide bonds. The van der Waals surface area contributed by atoms with Gasteiger partial charge in [-0.2, -0.15) is 0 Å². The van der Waals surface area contributed by atoms with E-state index in [0.29, 0.717) is 13.0 Å². The third-order valence-electron chi connectivity index (χ3n) is 3.28. The van der Waals surface area contributed by atoms with Crippen molar-refractivity contribution in [2.75, 3.05) is 18.5 Å². The summed E-state index contributed by atoms with van der Waals surface area (Å²) in [6.07, 6.45) is 2.49. The molecule has 4 nitrogen and oxygen atoms in total. The Morgan fingerprint density at radius 3 is 3.10 bits per heavy atom. The number of amides is 1. The Morgan fingerprint density at radius 2 is 2.40 bits per heavy atom. The summed E-state index contributed by atoms with van der Waals surface area (Å²) < 4.78 is 5.47. The number of carbonyl (C=O) groups is 1. The smallest absolute Gasteiger partial charge is 0.226 e. The van der Waals surface area contributed by atoms with E-state index in [2.05, 4.69) is 17.2 Å². The average molecular weight is 272 g/mol. The maximum atomic E-state index is 12.0. The quantitative estimate of drug-likeness (QED) is 0.825. The summed E-state index contributed by atoms with van der Waals surface area (Å²) in [7, 11) is 0. The standard InChI is InChI=1S/C16H20N2O2/c1-12-6-7-13(4-2-8-17)10-15(12)18-16(19)11-14-5-3-9-20-14/h6-7,10,14H,3,5,8-9,11,17H2,1H3,(H,18,19). The zero-order chi connectivity index (χ0) is 14.4. The molecule has 3 N–H and O–H groups in total. The lowest BCUT2D eigenvalue weighted by molar-refractivity contribution is -0.118. The molecule has 0 saturated carbocycles. The van der Waals surface area contributed by atoms with Gasteiger partial charge in [-0.05, 0) is 37.5 Å². The highest BCUT2D eigenvalue weighted by Gasteiger charge is 2.19. The molecular weight excluding hydrogens is 252 g/mol. The molecule has 1 unspecified atom stereocenters. The summed E-state index contributed by atoms with van der Waals surface area (Å²) in [5, 5.41) is 2.94. The molecule has 1 aromatic rings. The second-order valence-electron chi connectivity index (χ2n) is 4.92. The lowest BCUT2D eigenvalue weighted by Gasteiger charge is -2.12. The summed E-state index contributed by atoms with van der Waals surface area (Å²) in [6, 6.07) is 5.75. The average Bonchev–Trinajstić information content (AvgIpc) is 2.92. The van der Waals surface area contributed by atoms with E-state index in [4.69, 9.17) is 10.5 Å². The van der Waals surface area contributed by atoms with Crippen molar-refractivity contribution in [3.63, 3.8) is 0 Å². The van der Waals surface area contributed by atoms with Gasteiger partial charge in [0.1, 0.15) is 0 Å². The molecule has 0 aliphatic carbocycles. The normalized spacial score (nSPS) is 17.4. The third-order valence-corrected chi connectivity index (χ3v) is 3.28. The summed E-state index contributed by atoms with van der Waals surface area (Å²) in [4.78, 5) is 12.0. The maximum Gasteiger partial charge on any atom is 0.226 e. The van der Waals surface area contributed by atoms with E-state index in [0.717, 1.165) is 36.3 Å². The van der Waals surface area contributed by atoms with Crippen LogP contribution in [0.2, 0.25) is 0 Å². The van der Waals surface area contributed by atoms with E-state index in [-0.39, 0.29) is 12.0 Å². The van der Waals surface area contributed by atoms with E-state index in [9.17, 15) is 4.79 Å². The van der Waals surface area contributed by atoms with Gasteiger partial charge in [-0.1, -0.05) is 17.9 Å². The van der Waals surface area contributed by atoms with Crippen molar-refractivity contribution >= 4 is 11.6 Å². The van der Waals surface area contributed by atoms with Crippen molar-refractivity contribution in [3.05, 3.63) is 29.3 Å². The number of rotatable bonds is 3. The van der Waals surface area contributed by atoms with Gasteiger partial charge in [0.25, 0.3) is 0 Å². The van der Waals surface area contributed by atoms with Gasteiger partial charge in [-0.15, -0.1) is 0 Å². The van der Waals surface area contributed by atoms with E-state index in [1.807, 2.05) is 25.1 Å². The van der Waals surface area contributed by atoms with Crippen LogP contribution >= 0.6 is 0 Å². The van der Waals surface area contributed by atoms with Gasteiger partial charge in [0.05, 0.1) is 19.1 Å². The van der Waals surface area contributed by atoms with Crippen LogP contribution in [0.1, 0.15) is 30.4 Å². The molecule has 106 valence electrons. The third kappa shape index (κ3) is 4.09. The fourth-order valence-corrected chi connectivity index (χ4v) is 2.20. The van der Waals surface area contributed by atoms with Gasteiger partial charge in [0, 0.05) is 17.9 Å². The van der Waals surface area contributed by atoms with Gasteiger partial charge in [0.15, 0.2) is 0 Å². The minimum atomic E-state index is -0.0102. The van der Waals surface area contributed by atoms with E-state index < -0.39 is 0 Å². The number of nitrogens with two attached hydrogens (primary N) is 1. The van der Waals surface area contributed by atoms with Crippen LogP contribution in [0.3, 0.4) is 0 Å². The predicted molar refractivity (Wildman–Crippen MR) is 79.3 cm³/mol. The fourth-order valence-electron chi connectivity index (χ4n) is 2.20. The number of hydrogen-bond acceptors (Lipinski definition) is 3. The maximum absolute atomic E-state index is 12.0. The van der Waals surface area contributed by atoms with Crippen LogP contribution < -0.4 is 11.1 Å². The number of aryl methyl sites for hydroxylation is 1. The highest BCUT2D eigenvalue weighted by Crippen LogP contribution is 2.19. The van der Waals surface area contributed by atoms with Crippen molar-refractivity contribution in [1.29, 1.82) is 0 Å². The number of benzene rings is 1. The van der Waals surface area contributed by atoms with Gasteiger partial charge in [0.2, 0.25) is 5.91 Å². The van der Waals surface area contributed by atoms with E-state index in [1.165, 1.54) is 0 Å². The molecule has 1 aliphatic heterocycles. The molecule has 20 heavy (non-hydrogen) atoms. The van der Waals surface area contributed by atoms with Crippen LogP contribution in [-0.2, 0) is 9.53 Å². The Kier molecular flexibility index (Phi) is 5.16. The number of nitrogens with one attached hydrogen (secondary N) is 1. The van der Waals surface area contributed by atoms with Crippen molar-refractivity contribution in [1.82, 2.24) is 0 Å². The van der Waals surface area contributed by atoms with Gasteiger partial charge in [-0.3, -0.25) is 4.79 Å². The monoisotopic (exact) mass is 272 g/mol. The Bertz CT molecular complexity index is 537. The van der Waals surface area contributed by atoms with Crippen molar-refractivity contribution in [2.45, 2.75) is 32.3 Å². The predicted octanol–water partition coefficient (Wildman–Crippen LogP) is 1.81. The lowest BCUT2D eigenvalue weighted by atomic mass is 10.1. The van der Waals surface area contributed by atoms with Gasteiger partial charge >= 0.3 is 0 Å². The van der Waals surface area contributed by atoms with Gasteiger partial charge < -0.3 is 15.8 Å². The Morgan fingerprint density at radius 1 is 1.55 bits per heavy atom. The molecule has 1 aliphatic rings. The van der Waals surface area contributed by atoms with Gasteiger partial charge in [-0.25, -0.2) is 0 Å². The molecule has 0 spiro atoms. The second kappa shape index (κ2) is 7.09. The highest BCUT2D eigenvalue weighted by molar-refractivity contribution is 5.92. The first-order valence-electron chi connectivity index (χ1n) is 6.90. The largest absolute Gasteiger partial charge is 0.378 e. The van der Waals surface area contributed by atoms with Crippen LogP contribution in [0.4, 0.5) is 5.69 Å². The van der Waals surface area contributed by atoms with Crippen LogP contribution in [0.5, 0.6) is 0 Å². The molecule has 1 fully saturated rings. The zero-order valence-electron chi connectivity index (χ0n) is 11.7. The molecule has 1 atom stereocenters. The summed E-state index contributed by atoms with van der Waals surface area (Å²) in [5.74, 6) is 5.77. The number of anilines is 1. The van der Waals surface area contributed by atoms with Crippen LogP contribution in [0, 0.1) is 18.8 Å². The van der Waals surface area contributed by atoms with Crippen molar-refractivity contribution in [2.24, 2.45) is 5.73 Å². The number of hydrogen-bond donors (Lipinski definition) is 2. The molecular formula is C16H20N2O2. The van der Waals surface area contributed by atoms with Crippen LogP contribution in [0.15, 0.2) is 18.2 Å². The van der Waals surface area contributed by atoms with Crippen LogP contribution in [-0.4, -0.2) is 25.2 Å². The Hall–Kier alpha value is -1.83. The highest BCUT2D eigenvalue weighted by atomic mass is 16.5. The van der Waals surface area contributed by atoms with Crippen molar-refractivity contribution in [3.8, 4) is 11.8 Å². The molecule has 0 bridgehead atoms. The molecule has 0 radical (unpaired) electrons. The van der Waals surface area contributed by atoms with E-state index >= 15 is 0 Å². The first-order chi connectivity index (χ1) is 9.69. The number of carbonyl (C=O) groups excluding carboxylic acids is 1. The zero-order valence-corrected chi connectivity index (χ0v) is 11.7. The first-order valence-corrected chi connectivity index (χ1v) is 6.90. The lowest BCUT2D eigenvalue weighted by Crippen LogP contribution is -2.19. The number of ether oxygens (including phenoxy) is 1. The molecule has 1 heterocycles. The minimum Gasteiger partial charge on any atom is -0.378 e. The Labute approximate surface area is 119 Å². The summed E-state index contributed by atoms with van der Waals surface area (Å²) >= 11 is 0. The topological polar surface area (TPSA) is 64.3 Å². The summed E-state index contributed by atoms with van der Waals surface area (Å²) in [6.45, 7) is 3.05. The van der Waals surface area contributed by atoms with E-state index in [1.54, 1.807) is 0 Å². The molecule has 4 heteroatoms. The summed E-state index contributed by atoms with van der Waals surface area (Å²) in [5.41, 5.74) is 8.03. The van der Waals surface area contributed by atoms with Crippen molar-refractivity contribution < 1.29 is 9.53 Å². The minimum absolute atomic E-state index is 0.0102. The van der Waals surface area contributed by atoms with Crippen LogP contribution in [0.25, 0.3) is 0 Å². The second-order valence-corrected chi connectivity index (χ2v) is 4.92. The SMILES string of the molecule is Cc1ccc(C#CCN)cc1NC(=O)CC1CCCO1. The molecule has 2 rings (SSSR count). The fraction of sp³-hybridized carbons (Fsp3) is 0.438. The molecule has 1 aromatic carbocycles. The Balaban J connectivity index is 2.01. The molecule has 1 saturated heterocycles.